The largest absolute Gasteiger partial charge is 0.367 e. The molecule has 0 aliphatic carbocycles. The first kappa shape index (κ1) is 10.3. The fraction of sp³-hybridized carbons (Fsp3) is 0.538. The Bertz CT molecular complexity index is 580. The molecule has 0 unspecified atom stereocenters. The van der Waals surface area contributed by atoms with Gasteiger partial charge in [0, 0.05) is 19.1 Å². The second-order valence-electron chi connectivity index (χ2n) is 5.30. The number of aryl methyl sites for hydroxylation is 1. The van der Waals surface area contributed by atoms with Crippen molar-refractivity contribution < 1.29 is 0 Å². The molecule has 94 valence electrons. The summed E-state index contributed by atoms with van der Waals surface area (Å²) in [5, 5.41) is 4.36. The molecule has 2 fully saturated rings. The molecule has 0 saturated carbocycles. The number of aromatic nitrogens is 3. The van der Waals surface area contributed by atoms with E-state index in [4.69, 9.17) is 0 Å². The van der Waals surface area contributed by atoms with Gasteiger partial charge in [-0.1, -0.05) is 0 Å². The lowest BCUT2D eigenvalue weighted by atomic mass is 10.0. The summed E-state index contributed by atoms with van der Waals surface area (Å²) in [4.78, 5) is 9.34. The van der Waals surface area contributed by atoms with Crippen molar-refractivity contribution in [3.8, 4) is 0 Å². The van der Waals surface area contributed by atoms with Crippen LogP contribution < -0.4 is 4.90 Å². The highest BCUT2D eigenvalue weighted by molar-refractivity contribution is 5.53. The zero-order valence-electron chi connectivity index (χ0n) is 10.6. The molecule has 0 N–H and O–H groups in total. The van der Waals surface area contributed by atoms with Crippen LogP contribution in [-0.4, -0.2) is 51.7 Å². The van der Waals surface area contributed by atoms with Crippen LogP contribution in [0.5, 0.6) is 0 Å². The first-order valence-electron chi connectivity index (χ1n) is 6.62. The Morgan fingerprint density at radius 1 is 1.22 bits per heavy atom. The van der Waals surface area contributed by atoms with Gasteiger partial charge in [0.25, 0.3) is 0 Å². The molecule has 0 radical (unpaired) electrons. The third-order valence-electron chi connectivity index (χ3n) is 4.06. The van der Waals surface area contributed by atoms with Crippen molar-refractivity contribution in [2.24, 2.45) is 0 Å². The van der Waals surface area contributed by atoms with E-state index < -0.39 is 0 Å². The zero-order valence-corrected chi connectivity index (χ0v) is 10.6. The van der Waals surface area contributed by atoms with E-state index >= 15 is 0 Å². The van der Waals surface area contributed by atoms with Crippen molar-refractivity contribution in [2.75, 3.05) is 31.1 Å². The zero-order chi connectivity index (χ0) is 12.1. The maximum atomic E-state index is 4.36. The average Bonchev–Trinajstić information content (AvgIpc) is 2.58. The third kappa shape index (κ3) is 1.50. The van der Waals surface area contributed by atoms with E-state index in [0.717, 1.165) is 30.6 Å². The van der Waals surface area contributed by atoms with Gasteiger partial charge in [-0.3, -0.25) is 4.90 Å². The van der Waals surface area contributed by atoms with Crippen molar-refractivity contribution >= 4 is 11.3 Å². The number of likely N-dealkylation sites (tertiary alicyclic amines) is 1. The minimum absolute atomic E-state index is 0.770. The van der Waals surface area contributed by atoms with Gasteiger partial charge in [0.1, 0.15) is 5.82 Å². The average molecular weight is 243 g/mol. The van der Waals surface area contributed by atoms with Gasteiger partial charge in [0.15, 0.2) is 5.65 Å². The number of hydrogen-bond donors (Lipinski definition) is 0. The highest BCUT2D eigenvalue weighted by Crippen LogP contribution is 2.26. The number of hydrogen-bond acceptors (Lipinski definition) is 4. The molecule has 4 heterocycles. The molecular weight excluding hydrogens is 226 g/mol. The molecule has 0 bridgehead atoms. The van der Waals surface area contributed by atoms with Gasteiger partial charge in [-0.25, -0.2) is 9.50 Å². The fourth-order valence-electron chi connectivity index (χ4n) is 2.77. The SMILES string of the molecule is Cc1nc2ccc(N3CC(N4CCC4)C3)cn2n1. The van der Waals surface area contributed by atoms with Gasteiger partial charge >= 0.3 is 0 Å². The molecule has 4 rings (SSSR count). The Balaban J connectivity index is 1.53. The van der Waals surface area contributed by atoms with Gasteiger partial charge in [-0.15, -0.1) is 0 Å². The summed E-state index contributed by atoms with van der Waals surface area (Å²) in [6.07, 6.45) is 3.46. The lowest BCUT2D eigenvalue weighted by Crippen LogP contribution is -2.62. The smallest absolute Gasteiger partial charge is 0.155 e. The number of pyridine rings is 1. The molecule has 2 aromatic heterocycles. The second-order valence-corrected chi connectivity index (χ2v) is 5.30. The lowest BCUT2D eigenvalue weighted by molar-refractivity contribution is 0.0977. The summed E-state index contributed by atoms with van der Waals surface area (Å²) in [5.74, 6) is 0.828. The van der Waals surface area contributed by atoms with E-state index in [9.17, 15) is 0 Å². The van der Waals surface area contributed by atoms with Crippen LogP contribution in [0.25, 0.3) is 5.65 Å². The summed E-state index contributed by atoms with van der Waals surface area (Å²) in [6.45, 7) is 6.81. The highest BCUT2D eigenvalue weighted by atomic mass is 15.3. The van der Waals surface area contributed by atoms with Crippen LogP contribution in [0.2, 0.25) is 0 Å². The summed E-state index contributed by atoms with van der Waals surface area (Å²) in [5.41, 5.74) is 2.18. The highest BCUT2D eigenvalue weighted by Gasteiger charge is 2.34. The Hall–Kier alpha value is -1.62. The molecule has 0 atom stereocenters. The first-order chi connectivity index (χ1) is 8.79. The van der Waals surface area contributed by atoms with E-state index in [2.05, 4.69) is 32.1 Å². The van der Waals surface area contributed by atoms with Crippen LogP contribution in [0.15, 0.2) is 18.3 Å². The first-order valence-corrected chi connectivity index (χ1v) is 6.62. The van der Waals surface area contributed by atoms with E-state index in [1.807, 2.05) is 17.5 Å². The predicted octanol–water partition coefficient (Wildman–Crippen LogP) is 0.932. The molecule has 18 heavy (non-hydrogen) atoms. The molecule has 2 aromatic rings. The van der Waals surface area contributed by atoms with E-state index in [1.54, 1.807) is 0 Å². The molecule has 0 amide bonds. The van der Waals surface area contributed by atoms with Crippen LogP contribution in [-0.2, 0) is 0 Å². The van der Waals surface area contributed by atoms with Crippen LogP contribution in [0, 0.1) is 6.92 Å². The predicted molar refractivity (Wildman–Crippen MR) is 69.9 cm³/mol. The summed E-state index contributed by atoms with van der Waals surface area (Å²) < 4.78 is 1.88. The molecule has 5 heteroatoms. The van der Waals surface area contributed by atoms with Crippen molar-refractivity contribution in [3.63, 3.8) is 0 Å². The van der Waals surface area contributed by atoms with E-state index in [-0.39, 0.29) is 0 Å². The lowest BCUT2D eigenvalue weighted by Gasteiger charge is -2.49. The van der Waals surface area contributed by atoms with E-state index in [0.29, 0.717) is 0 Å². The Morgan fingerprint density at radius 2 is 2.06 bits per heavy atom. The van der Waals surface area contributed by atoms with Crippen molar-refractivity contribution in [1.82, 2.24) is 19.5 Å². The number of nitrogens with zero attached hydrogens (tertiary/aromatic N) is 5. The molecule has 2 aliphatic heterocycles. The van der Waals surface area contributed by atoms with Crippen LogP contribution in [0.4, 0.5) is 5.69 Å². The van der Waals surface area contributed by atoms with Crippen LogP contribution >= 0.6 is 0 Å². The number of rotatable bonds is 2. The van der Waals surface area contributed by atoms with Gasteiger partial charge in [-0.2, -0.15) is 5.10 Å². The molecular formula is C13H17N5. The normalized spacial score (nSPS) is 21.1. The topological polar surface area (TPSA) is 36.7 Å². The van der Waals surface area contributed by atoms with Crippen LogP contribution in [0.1, 0.15) is 12.2 Å². The van der Waals surface area contributed by atoms with Crippen molar-refractivity contribution in [1.29, 1.82) is 0 Å². The van der Waals surface area contributed by atoms with Gasteiger partial charge in [-0.05, 0) is 38.6 Å². The Morgan fingerprint density at radius 3 is 2.78 bits per heavy atom. The molecule has 2 aliphatic rings. The van der Waals surface area contributed by atoms with Crippen LogP contribution in [0.3, 0.4) is 0 Å². The maximum Gasteiger partial charge on any atom is 0.155 e. The molecule has 5 nitrogen and oxygen atoms in total. The number of anilines is 1. The van der Waals surface area contributed by atoms with Crippen molar-refractivity contribution in [2.45, 2.75) is 19.4 Å². The summed E-state index contributed by atoms with van der Waals surface area (Å²) >= 11 is 0. The van der Waals surface area contributed by atoms with E-state index in [1.165, 1.54) is 25.2 Å². The third-order valence-corrected chi connectivity index (χ3v) is 4.06. The minimum atomic E-state index is 0.770. The molecule has 0 spiro atoms. The quantitative estimate of drug-likeness (QED) is 0.786. The van der Waals surface area contributed by atoms with Gasteiger partial charge < -0.3 is 4.90 Å². The van der Waals surface area contributed by atoms with Gasteiger partial charge in [0.2, 0.25) is 0 Å². The molecule has 0 aromatic carbocycles. The number of fused-ring (bicyclic) bond motifs is 1. The fourth-order valence-corrected chi connectivity index (χ4v) is 2.77. The summed E-state index contributed by atoms with van der Waals surface area (Å²) in [6, 6.07) is 4.97. The Kier molecular flexibility index (Phi) is 2.11. The summed E-state index contributed by atoms with van der Waals surface area (Å²) in [7, 11) is 0. The second kappa shape index (κ2) is 3.68. The maximum absolute atomic E-state index is 4.36. The van der Waals surface area contributed by atoms with Gasteiger partial charge in [0.05, 0.1) is 11.9 Å². The van der Waals surface area contributed by atoms with Crippen molar-refractivity contribution in [3.05, 3.63) is 24.2 Å². The standard InChI is InChI=1S/C13H17N5/c1-10-14-13-4-3-11(9-18(13)15-10)17-7-12(8-17)16-5-2-6-16/h3-4,9,12H,2,5-8H2,1H3. The monoisotopic (exact) mass is 243 g/mol. The Labute approximate surface area is 106 Å². The minimum Gasteiger partial charge on any atom is -0.367 e. The molecule has 2 saturated heterocycles.